The predicted molar refractivity (Wildman–Crippen MR) is 63.6 cm³/mol. The van der Waals surface area contributed by atoms with Crippen LogP contribution in [0.3, 0.4) is 0 Å². The lowest BCUT2D eigenvalue weighted by Crippen LogP contribution is -1.98. The number of thiazole rings is 1. The zero-order valence-corrected chi connectivity index (χ0v) is 10.3. The molecule has 0 aliphatic carbocycles. The van der Waals surface area contributed by atoms with Gasteiger partial charge >= 0.3 is 0 Å². The Morgan fingerprint density at radius 3 is 3.00 bits per heavy atom. The van der Waals surface area contributed by atoms with Crippen LogP contribution in [-0.4, -0.2) is 19.7 Å². The van der Waals surface area contributed by atoms with E-state index in [0.717, 1.165) is 29.4 Å². The molecular weight excluding hydrogens is 228 g/mol. The third kappa shape index (κ3) is 1.74. The molecule has 6 heteroatoms. The van der Waals surface area contributed by atoms with Crippen LogP contribution in [0.15, 0.2) is 5.51 Å². The fourth-order valence-electron chi connectivity index (χ4n) is 1.49. The molecule has 2 aromatic heterocycles. The summed E-state index contributed by atoms with van der Waals surface area (Å²) in [5, 5.41) is 7.08. The average Bonchev–Trinajstić information content (AvgIpc) is 2.82. The third-order valence-corrected chi connectivity index (χ3v) is 3.43. The lowest BCUT2D eigenvalue weighted by molar-refractivity contribution is 0.755. The van der Waals surface area contributed by atoms with Crippen LogP contribution in [0.25, 0.3) is 10.7 Å². The van der Waals surface area contributed by atoms with Crippen LogP contribution >= 0.6 is 23.6 Å². The molecule has 0 aliphatic heterocycles. The van der Waals surface area contributed by atoms with Crippen molar-refractivity contribution in [3.8, 4) is 10.7 Å². The van der Waals surface area contributed by atoms with Gasteiger partial charge < -0.3 is 0 Å². The van der Waals surface area contributed by atoms with Gasteiger partial charge in [0.25, 0.3) is 0 Å². The Hall–Kier alpha value is -1.01. The molecule has 80 valence electrons. The molecule has 4 nitrogen and oxygen atoms in total. The molecule has 0 aliphatic rings. The standard InChI is InChI=1S/C9H12N4S2/c1-3-6-7(15-5-10-6)8-11-12-9(14)13(8)4-2/h5H,3-4H2,1-2H3,(H,12,14). The molecule has 0 aromatic carbocycles. The van der Waals surface area contributed by atoms with E-state index < -0.39 is 0 Å². The van der Waals surface area contributed by atoms with Crippen molar-refractivity contribution in [2.24, 2.45) is 0 Å². The summed E-state index contributed by atoms with van der Waals surface area (Å²) in [7, 11) is 0. The van der Waals surface area contributed by atoms with E-state index in [4.69, 9.17) is 12.2 Å². The maximum atomic E-state index is 5.15. The van der Waals surface area contributed by atoms with Crippen LogP contribution in [0, 0.1) is 4.77 Å². The highest BCUT2D eigenvalue weighted by atomic mass is 32.1. The second kappa shape index (κ2) is 4.24. The maximum absolute atomic E-state index is 5.15. The molecule has 0 saturated carbocycles. The molecule has 0 amide bonds. The van der Waals surface area contributed by atoms with Crippen molar-refractivity contribution in [1.82, 2.24) is 19.7 Å². The normalized spacial score (nSPS) is 10.8. The summed E-state index contributed by atoms with van der Waals surface area (Å²) in [5.41, 5.74) is 2.94. The second-order valence-electron chi connectivity index (χ2n) is 3.08. The number of hydrogen-bond acceptors (Lipinski definition) is 4. The summed E-state index contributed by atoms with van der Waals surface area (Å²) in [6, 6.07) is 0. The van der Waals surface area contributed by atoms with Crippen molar-refractivity contribution < 1.29 is 0 Å². The quantitative estimate of drug-likeness (QED) is 0.839. The summed E-state index contributed by atoms with van der Waals surface area (Å²) in [6.45, 7) is 4.98. The Labute approximate surface area is 97.0 Å². The van der Waals surface area contributed by atoms with Gasteiger partial charge in [-0.2, -0.15) is 5.10 Å². The smallest absolute Gasteiger partial charge is 0.195 e. The van der Waals surface area contributed by atoms with Crippen LogP contribution in [0.4, 0.5) is 0 Å². The van der Waals surface area contributed by atoms with Crippen molar-refractivity contribution in [2.75, 3.05) is 0 Å². The highest BCUT2D eigenvalue weighted by molar-refractivity contribution is 7.71. The summed E-state index contributed by atoms with van der Waals surface area (Å²) in [4.78, 5) is 5.43. The number of H-pyrrole nitrogens is 1. The molecule has 2 aromatic rings. The summed E-state index contributed by atoms with van der Waals surface area (Å²) >= 11 is 6.76. The Bertz CT molecular complexity index is 508. The third-order valence-electron chi connectivity index (χ3n) is 2.25. The van der Waals surface area contributed by atoms with Crippen LogP contribution in [-0.2, 0) is 13.0 Å². The molecule has 2 heterocycles. The molecule has 0 saturated heterocycles. The number of nitrogens with zero attached hydrogens (tertiary/aromatic N) is 3. The Morgan fingerprint density at radius 1 is 1.53 bits per heavy atom. The van der Waals surface area contributed by atoms with Crippen molar-refractivity contribution in [3.63, 3.8) is 0 Å². The number of aromatic amines is 1. The predicted octanol–water partition coefficient (Wildman–Crippen LogP) is 2.65. The number of nitrogens with one attached hydrogen (secondary N) is 1. The molecule has 0 fully saturated rings. The van der Waals surface area contributed by atoms with Gasteiger partial charge in [0.1, 0.15) is 0 Å². The zero-order chi connectivity index (χ0) is 10.8. The average molecular weight is 240 g/mol. The Kier molecular flexibility index (Phi) is 2.97. The molecule has 15 heavy (non-hydrogen) atoms. The molecule has 1 N–H and O–H groups in total. The first-order valence-electron chi connectivity index (χ1n) is 4.85. The molecule has 0 radical (unpaired) electrons. The van der Waals surface area contributed by atoms with Gasteiger partial charge in [-0.1, -0.05) is 6.92 Å². The van der Waals surface area contributed by atoms with E-state index in [1.54, 1.807) is 11.3 Å². The highest BCUT2D eigenvalue weighted by Gasteiger charge is 2.13. The van der Waals surface area contributed by atoms with E-state index >= 15 is 0 Å². The first-order chi connectivity index (χ1) is 7.27. The number of aryl methyl sites for hydroxylation is 1. The van der Waals surface area contributed by atoms with Crippen molar-refractivity contribution in [3.05, 3.63) is 16.0 Å². The Balaban J connectivity index is 2.58. The van der Waals surface area contributed by atoms with Gasteiger partial charge in [-0.05, 0) is 25.6 Å². The monoisotopic (exact) mass is 240 g/mol. The van der Waals surface area contributed by atoms with Crippen molar-refractivity contribution >= 4 is 23.6 Å². The van der Waals surface area contributed by atoms with E-state index in [9.17, 15) is 0 Å². The molecule has 0 spiro atoms. The first-order valence-corrected chi connectivity index (χ1v) is 6.14. The van der Waals surface area contributed by atoms with Gasteiger partial charge in [0.2, 0.25) is 0 Å². The van der Waals surface area contributed by atoms with E-state index in [-0.39, 0.29) is 0 Å². The van der Waals surface area contributed by atoms with Gasteiger partial charge in [-0.15, -0.1) is 11.3 Å². The summed E-state index contributed by atoms with van der Waals surface area (Å²) in [6.07, 6.45) is 0.919. The van der Waals surface area contributed by atoms with Gasteiger partial charge in [0.05, 0.1) is 16.1 Å². The van der Waals surface area contributed by atoms with E-state index in [1.807, 2.05) is 10.1 Å². The minimum atomic E-state index is 0.669. The van der Waals surface area contributed by atoms with E-state index in [2.05, 4.69) is 29.0 Å². The lowest BCUT2D eigenvalue weighted by Gasteiger charge is -2.01. The molecular formula is C9H12N4S2. The fraction of sp³-hybridized carbons (Fsp3) is 0.444. The lowest BCUT2D eigenvalue weighted by atomic mass is 10.3. The van der Waals surface area contributed by atoms with E-state index in [1.165, 1.54) is 0 Å². The fourth-order valence-corrected chi connectivity index (χ4v) is 2.63. The molecule has 0 unspecified atom stereocenters. The first kappa shape index (κ1) is 10.5. The second-order valence-corrected chi connectivity index (χ2v) is 4.32. The molecule has 0 atom stereocenters. The van der Waals surface area contributed by atoms with Gasteiger partial charge in [0.15, 0.2) is 10.6 Å². The Morgan fingerprint density at radius 2 is 2.33 bits per heavy atom. The minimum Gasteiger partial charge on any atom is -0.300 e. The minimum absolute atomic E-state index is 0.669. The number of aromatic nitrogens is 4. The molecule has 0 bridgehead atoms. The van der Waals surface area contributed by atoms with Crippen LogP contribution in [0.1, 0.15) is 19.5 Å². The number of hydrogen-bond donors (Lipinski definition) is 1. The largest absolute Gasteiger partial charge is 0.300 e. The summed E-state index contributed by atoms with van der Waals surface area (Å²) < 4.78 is 2.66. The number of rotatable bonds is 3. The van der Waals surface area contributed by atoms with Crippen molar-refractivity contribution in [1.29, 1.82) is 0 Å². The van der Waals surface area contributed by atoms with E-state index in [0.29, 0.717) is 4.77 Å². The SMILES string of the molecule is CCc1ncsc1-c1n[nH]c(=S)n1CC. The zero-order valence-electron chi connectivity index (χ0n) is 8.65. The van der Waals surface area contributed by atoms with Crippen molar-refractivity contribution in [2.45, 2.75) is 26.8 Å². The van der Waals surface area contributed by atoms with Gasteiger partial charge in [0, 0.05) is 6.54 Å². The van der Waals surface area contributed by atoms with Gasteiger partial charge in [-0.3, -0.25) is 9.67 Å². The van der Waals surface area contributed by atoms with Crippen LogP contribution in [0.5, 0.6) is 0 Å². The maximum Gasteiger partial charge on any atom is 0.195 e. The molecule has 2 rings (SSSR count). The van der Waals surface area contributed by atoms with Gasteiger partial charge in [-0.25, -0.2) is 4.98 Å². The van der Waals surface area contributed by atoms with Crippen LogP contribution in [0.2, 0.25) is 0 Å². The summed E-state index contributed by atoms with van der Waals surface area (Å²) in [5.74, 6) is 0.904. The highest BCUT2D eigenvalue weighted by Crippen LogP contribution is 2.26. The van der Waals surface area contributed by atoms with Crippen LogP contribution < -0.4 is 0 Å². The topological polar surface area (TPSA) is 46.5 Å².